The van der Waals surface area contributed by atoms with Gasteiger partial charge in [0.05, 0.1) is 5.41 Å². The Bertz CT molecular complexity index is 495. The van der Waals surface area contributed by atoms with Crippen molar-refractivity contribution in [1.82, 2.24) is 4.90 Å². The third-order valence-corrected chi connectivity index (χ3v) is 4.77. The van der Waals surface area contributed by atoms with Crippen molar-refractivity contribution in [2.45, 2.75) is 52.1 Å². The van der Waals surface area contributed by atoms with E-state index >= 15 is 0 Å². The molecule has 1 fully saturated rings. The van der Waals surface area contributed by atoms with Crippen molar-refractivity contribution < 1.29 is 4.79 Å². The van der Waals surface area contributed by atoms with E-state index in [-0.39, 0.29) is 17.4 Å². The number of rotatable bonds is 5. The summed E-state index contributed by atoms with van der Waals surface area (Å²) in [5.41, 5.74) is 6.68. The van der Waals surface area contributed by atoms with E-state index in [0.717, 1.165) is 31.2 Å². The van der Waals surface area contributed by atoms with Crippen LogP contribution >= 0.6 is 11.6 Å². The Labute approximate surface area is 132 Å². The summed E-state index contributed by atoms with van der Waals surface area (Å²) in [4.78, 5) is 15.0. The average Bonchev–Trinajstić information content (AvgIpc) is 2.94. The number of carbonyl (C=O) groups is 1. The summed E-state index contributed by atoms with van der Waals surface area (Å²) >= 11 is 6.05. The first-order chi connectivity index (χ1) is 9.98. The van der Waals surface area contributed by atoms with Gasteiger partial charge in [0.2, 0.25) is 5.91 Å². The molecule has 2 N–H and O–H groups in total. The Balaban J connectivity index is 2.20. The van der Waals surface area contributed by atoms with Crippen LogP contribution in [0, 0.1) is 5.41 Å². The highest BCUT2D eigenvalue weighted by atomic mass is 35.5. The number of carbonyl (C=O) groups excluding carboxylic acids is 1. The zero-order chi connectivity index (χ0) is 15.5. The maximum absolute atomic E-state index is 13.0. The van der Waals surface area contributed by atoms with Gasteiger partial charge in [-0.25, -0.2) is 0 Å². The standard InChI is InChI=1S/C17H25ClN2O/c1-13(2)20(11-14-6-5-7-15(18)10-14)16(21)17(12-19)8-3-4-9-17/h5-7,10,13H,3-4,8-9,11-12,19H2,1-2H3. The van der Waals surface area contributed by atoms with Gasteiger partial charge in [-0.05, 0) is 44.4 Å². The first-order valence-corrected chi connectivity index (χ1v) is 8.12. The van der Waals surface area contributed by atoms with Crippen molar-refractivity contribution in [3.63, 3.8) is 0 Å². The van der Waals surface area contributed by atoms with E-state index in [1.54, 1.807) is 0 Å². The third-order valence-electron chi connectivity index (χ3n) is 4.53. The fourth-order valence-electron chi connectivity index (χ4n) is 3.18. The quantitative estimate of drug-likeness (QED) is 0.903. The molecule has 1 aromatic carbocycles. The van der Waals surface area contributed by atoms with Gasteiger partial charge in [0, 0.05) is 24.2 Å². The van der Waals surface area contributed by atoms with Crippen molar-refractivity contribution >= 4 is 17.5 Å². The van der Waals surface area contributed by atoms with Crippen LogP contribution in [0.1, 0.15) is 45.1 Å². The molecule has 0 atom stereocenters. The van der Waals surface area contributed by atoms with Gasteiger partial charge in [-0.15, -0.1) is 0 Å². The molecule has 1 saturated carbocycles. The molecule has 116 valence electrons. The van der Waals surface area contributed by atoms with Crippen molar-refractivity contribution in [3.8, 4) is 0 Å². The monoisotopic (exact) mass is 308 g/mol. The largest absolute Gasteiger partial charge is 0.335 e. The molecule has 2 rings (SSSR count). The first kappa shape index (κ1) is 16.3. The highest BCUT2D eigenvalue weighted by molar-refractivity contribution is 6.30. The summed E-state index contributed by atoms with van der Waals surface area (Å²) in [5.74, 6) is 0.206. The van der Waals surface area contributed by atoms with Crippen LogP contribution in [-0.4, -0.2) is 23.4 Å². The van der Waals surface area contributed by atoms with Crippen molar-refractivity contribution in [3.05, 3.63) is 34.9 Å². The molecule has 0 saturated heterocycles. The number of hydrogen-bond donors (Lipinski definition) is 1. The molecule has 1 aromatic rings. The van der Waals surface area contributed by atoms with E-state index in [0.29, 0.717) is 18.1 Å². The molecule has 0 unspecified atom stereocenters. The number of hydrogen-bond acceptors (Lipinski definition) is 2. The van der Waals surface area contributed by atoms with Crippen molar-refractivity contribution in [2.75, 3.05) is 6.54 Å². The molecule has 0 aliphatic heterocycles. The minimum Gasteiger partial charge on any atom is -0.335 e. The fraction of sp³-hybridized carbons (Fsp3) is 0.588. The molecule has 3 nitrogen and oxygen atoms in total. The van der Waals surface area contributed by atoms with Crippen LogP contribution in [0.4, 0.5) is 0 Å². The minimum atomic E-state index is -0.344. The van der Waals surface area contributed by atoms with Gasteiger partial charge in [-0.1, -0.05) is 36.6 Å². The van der Waals surface area contributed by atoms with Gasteiger partial charge in [0.25, 0.3) is 0 Å². The van der Waals surface area contributed by atoms with Gasteiger partial charge in [-0.2, -0.15) is 0 Å². The maximum atomic E-state index is 13.0. The Kier molecular flexibility index (Phi) is 5.28. The second kappa shape index (κ2) is 6.80. The van der Waals surface area contributed by atoms with Gasteiger partial charge < -0.3 is 10.6 Å². The van der Waals surface area contributed by atoms with Crippen LogP contribution in [-0.2, 0) is 11.3 Å². The van der Waals surface area contributed by atoms with E-state index in [9.17, 15) is 4.79 Å². The Morgan fingerprint density at radius 2 is 2.05 bits per heavy atom. The molecular formula is C17H25ClN2O. The summed E-state index contributed by atoms with van der Waals surface area (Å²) in [6.07, 6.45) is 4.04. The van der Waals surface area contributed by atoms with Crippen LogP contribution in [0.2, 0.25) is 5.02 Å². The van der Waals surface area contributed by atoms with E-state index < -0.39 is 0 Å². The van der Waals surface area contributed by atoms with Crippen molar-refractivity contribution in [2.24, 2.45) is 11.1 Å². The van der Waals surface area contributed by atoms with Crippen LogP contribution in [0.5, 0.6) is 0 Å². The van der Waals surface area contributed by atoms with Gasteiger partial charge in [-0.3, -0.25) is 4.79 Å². The highest BCUT2D eigenvalue weighted by Crippen LogP contribution is 2.39. The number of nitrogens with zero attached hydrogens (tertiary/aromatic N) is 1. The van der Waals surface area contributed by atoms with Gasteiger partial charge in [0.1, 0.15) is 0 Å². The zero-order valence-corrected chi connectivity index (χ0v) is 13.7. The lowest BCUT2D eigenvalue weighted by Gasteiger charge is -2.36. The van der Waals surface area contributed by atoms with E-state index in [1.165, 1.54) is 0 Å². The van der Waals surface area contributed by atoms with Gasteiger partial charge >= 0.3 is 0 Å². The summed E-state index contributed by atoms with van der Waals surface area (Å²) in [6, 6.07) is 7.87. The normalized spacial score (nSPS) is 17.2. The minimum absolute atomic E-state index is 0.153. The number of amides is 1. The number of benzene rings is 1. The van der Waals surface area contributed by atoms with Crippen LogP contribution < -0.4 is 5.73 Å². The van der Waals surface area contributed by atoms with E-state index in [2.05, 4.69) is 13.8 Å². The average molecular weight is 309 g/mol. The SMILES string of the molecule is CC(C)N(Cc1cccc(Cl)c1)C(=O)C1(CN)CCCC1. The predicted octanol–water partition coefficient (Wildman–Crippen LogP) is 3.60. The molecule has 0 bridgehead atoms. The Morgan fingerprint density at radius 1 is 1.38 bits per heavy atom. The smallest absolute Gasteiger partial charge is 0.230 e. The van der Waals surface area contributed by atoms with Crippen molar-refractivity contribution in [1.29, 1.82) is 0 Å². The molecule has 4 heteroatoms. The maximum Gasteiger partial charge on any atom is 0.230 e. The molecule has 1 aliphatic carbocycles. The molecule has 0 aromatic heterocycles. The molecule has 1 amide bonds. The summed E-state index contributed by atoms with van der Waals surface area (Å²) in [7, 11) is 0. The molecule has 0 heterocycles. The zero-order valence-electron chi connectivity index (χ0n) is 12.9. The Morgan fingerprint density at radius 3 is 2.57 bits per heavy atom. The summed E-state index contributed by atoms with van der Waals surface area (Å²) in [6.45, 7) is 5.16. The molecule has 1 aliphatic rings. The molecule has 21 heavy (non-hydrogen) atoms. The topological polar surface area (TPSA) is 46.3 Å². The van der Waals surface area contributed by atoms with Crippen LogP contribution in [0.15, 0.2) is 24.3 Å². The highest BCUT2D eigenvalue weighted by Gasteiger charge is 2.42. The van der Waals surface area contributed by atoms with Crippen LogP contribution in [0.25, 0.3) is 0 Å². The Hall–Kier alpha value is -1.06. The van der Waals surface area contributed by atoms with Crippen LogP contribution in [0.3, 0.4) is 0 Å². The number of halogens is 1. The summed E-state index contributed by atoms with van der Waals surface area (Å²) in [5, 5.41) is 0.707. The fourth-order valence-corrected chi connectivity index (χ4v) is 3.40. The lowest BCUT2D eigenvalue weighted by Crippen LogP contribution is -2.48. The first-order valence-electron chi connectivity index (χ1n) is 7.74. The van der Waals surface area contributed by atoms with Gasteiger partial charge in [0.15, 0.2) is 0 Å². The lowest BCUT2D eigenvalue weighted by atomic mass is 9.84. The second-order valence-corrected chi connectivity index (χ2v) is 6.78. The van der Waals surface area contributed by atoms with E-state index in [4.69, 9.17) is 17.3 Å². The third kappa shape index (κ3) is 3.58. The summed E-state index contributed by atoms with van der Waals surface area (Å²) < 4.78 is 0. The molecule has 0 radical (unpaired) electrons. The molecule has 0 spiro atoms. The number of nitrogens with two attached hydrogens (primary N) is 1. The lowest BCUT2D eigenvalue weighted by molar-refractivity contribution is -0.144. The predicted molar refractivity (Wildman–Crippen MR) is 87.1 cm³/mol. The van der Waals surface area contributed by atoms with E-state index in [1.807, 2.05) is 29.2 Å². The second-order valence-electron chi connectivity index (χ2n) is 6.35. The molecular weight excluding hydrogens is 284 g/mol.